The van der Waals surface area contributed by atoms with E-state index in [1.54, 1.807) is 6.07 Å². The maximum atomic E-state index is 13.5. The average Bonchev–Trinajstić information content (AvgIpc) is 3.61. The van der Waals surface area contributed by atoms with E-state index in [9.17, 15) is 15.0 Å². The van der Waals surface area contributed by atoms with Crippen LogP contribution in [0, 0.1) is 5.92 Å². The van der Waals surface area contributed by atoms with Crippen LogP contribution >= 0.6 is 0 Å². The van der Waals surface area contributed by atoms with Gasteiger partial charge < -0.3 is 15.1 Å². The van der Waals surface area contributed by atoms with E-state index in [-0.39, 0.29) is 24.1 Å². The highest BCUT2D eigenvalue weighted by Gasteiger charge is 2.63. The number of amides is 1. The van der Waals surface area contributed by atoms with Crippen LogP contribution in [0.3, 0.4) is 0 Å². The average molecular weight is 487 g/mol. The van der Waals surface area contributed by atoms with Gasteiger partial charge in [-0.1, -0.05) is 12.1 Å². The van der Waals surface area contributed by atoms with Crippen LogP contribution in [-0.2, 0) is 23.1 Å². The quantitative estimate of drug-likeness (QED) is 0.593. The standard InChI is InChI=1S/C29H34N4O3/c34-24-7-6-21-15-26-29(36)10-14-31(27(35)17-22-16-23-3-1-2-11-33(23)30-22)12-8-28(29,25(21)18-24)9-13-32(26)19-20-4-5-20/h1-3,6-7,11,16,18,20,26,34,36H,4-5,8-10,12-15,17,19H2. The van der Waals surface area contributed by atoms with Crippen molar-refractivity contribution in [3.63, 3.8) is 0 Å². The van der Waals surface area contributed by atoms with Gasteiger partial charge in [-0.25, -0.2) is 4.52 Å². The van der Waals surface area contributed by atoms with Gasteiger partial charge in [0, 0.05) is 37.3 Å². The molecule has 3 fully saturated rings. The van der Waals surface area contributed by atoms with E-state index < -0.39 is 11.0 Å². The van der Waals surface area contributed by atoms with Crippen molar-refractivity contribution in [1.29, 1.82) is 0 Å². The maximum absolute atomic E-state index is 13.5. The fraction of sp³-hybridized carbons (Fsp3) is 0.517. The summed E-state index contributed by atoms with van der Waals surface area (Å²) in [6, 6.07) is 13.6. The lowest BCUT2D eigenvalue weighted by atomic mass is 9.52. The number of pyridine rings is 1. The molecule has 0 spiro atoms. The lowest BCUT2D eigenvalue weighted by Crippen LogP contribution is -2.71. The topological polar surface area (TPSA) is 81.3 Å². The Morgan fingerprint density at radius 1 is 1.06 bits per heavy atom. The number of piperidine rings is 1. The first-order valence-electron chi connectivity index (χ1n) is 13.5. The van der Waals surface area contributed by atoms with Crippen molar-refractivity contribution in [1.82, 2.24) is 19.4 Å². The third kappa shape index (κ3) is 3.40. The van der Waals surface area contributed by atoms with Crippen molar-refractivity contribution < 1.29 is 15.0 Å². The Morgan fingerprint density at radius 2 is 1.89 bits per heavy atom. The normalized spacial score (nSPS) is 30.0. The molecule has 1 amide bonds. The first-order chi connectivity index (χ1) is 17.4. The zero-order valence-corrected chi connectivity index (χ0v) is 20.6. The Hall–Kier alpha value is -2.90. The molecule has 4 heterocycles. The first kappa shape index (κ1) is 22.3. The molecule has 0 radical (unpaired) electrons. The molecule has 4 aliphatic rings. The molecule has 7 nitrogen and oxygen atoms in total. The van der Waals surface area contributed by atoms with Gasteiger partial charge in [0.25, 0.3) is 0 Å². The first-order valence-corrected chi connectivity index (χ1v) is 13.5. The predicted octanol–water partition coefficient (Wildman–Crippen LogP) is 2.91. The number of likely N-dealkylation sites (tertiary alicyclic amines) is 2. The number of carbonyl (C=O) groups excluding carboxylic acids is 1. The molecule has 1 aromatic carbocycles. The molecular formula is C29H34N4O3. The third-order valence-corrected chi connectivity index (χ3v) is 9.54. The van der Waals surface area contributed by atoms with Gasteiger partial charge in [-0.3, -0.25) is 9.69 Å². The smallest absolute Gasteiger partial charge is 0.228 e. The Bertz CT molecular complexity index is 1300. The van der Waals surface area contributed by atoms with Crippen molar-refractivity contribution in [2.45, 2.75) is 62.0 Å². The van der Waals surface area contributed by atoms with Gasteiger partial charge >= 0.3 is 0 Å². The van der Waals surface area contributed by atoms with Gasteiger partial charge in [0.1, 0.15) is 5.75 Å². The van der Waals surface area contributed by atoms with Crippen LogP contribution in [0.2, 0.25) is 0 Å². The number of hydrogen-bond donors (Lipinski definition) is 2. The number of phenols is 1. The van der Waals surface area contributed by atoms with E-state index in [4.69, 9.17) is 0 Å². The SMILES string of the molecule is O=C(Cc1cc2ccccn2n1)N1CCC23CCN(CC4CC4)C(Cc4ccc(O)cc42)C3(O)CC1. The maximum Gasteiger partial charge on any atom is 0.228 e. The van der Waals surface area contributed by atoms with Crippen LogP contribution in [0.15, 0.2) is 48.7 Å². The number of phenolic OH excluding ortho intramolecular Hbond substituents is 1. The lowest BCUT2D eigenvalue weighted by Gasteiger charge is -2.61. The Kier molecular flexibility index (Phi) is 4.99. The van der Waals surface area contributed by atoms with E-state index >= 15 is 0 Å². The molecule has 2 bridgehead atoms. The molecular weight excluding hydrogens is 452 g/mol. The van der Waals surface area contributed by atoms with E-state index in [1.807, 2.05) is 45.9 Å². The largest absolute Gasteiger partial charge is 0.508 e. The molecule has 3 aromatic rings. The number of aliphatic hydroxyl groups is 1. The summed E-state index contributed by atoms with van der Waals surface area (Å²) < 4.78 is 1.81. The molecule has 2 N–H and O–H groups in total. The molecule has 2 saturated heterocycles. The van der Waals surface area contributed by atoms with Gasteiger partial charge in [-0.05, 0) is 92.4 Å². The summed E-state index contributed by atoms with van der Waals surface area (Å²) in [7, 11) is 0. The van der Waals surface area contributed by atoms with Gasteiger partial charge in [-0.2, -0.15) is 5.10 Å². The Morgan fingerprint density at radius 3 is 2.72 bits per heavy atom. The molecule has 3 unspecified atom stereocenters. The number of benzene rings is 1. The molecule has 1 saturated carbocycles. The predicted molar refractivity (Wildman–Crippen MR) is 136 cm³/mol. The third-order valence-electron chi connectivity index (χ3n) is 9.54. The molecule has 3 atom stereocenters. The van der Waals surface area contributed by atoms with Crippen molar-refractivity contribution in [3.05, 3.63) is 65.5 Å². The lowest BCUT2D eigenvalue weighted by molar-refractivity contribution is -0.149. The second-order valence-corrected chi connectivity index (χ2v) is 11.5. The van der Waals surface area contributed by atoms with Gasteiger partial charge in [0.15, 0.2) is 0 Å². The monoisotopic (exact) mass is 486 g/mol. The minimum absolute atomic E-state index is 0.0531. The summed E-state index contributed by atoms with van der Waals surface area (Å²) in [5.74, 6) is 1.09. The molecule has 2 aliphatic carbocycles. The summed E-state index contributed by atoms with van der Waals surface area (Å²) in [6.45, 7) is 3.19. The summed E-state index contributed by atoms with van der Waals surface area (Å²) in [5.41, 5.74) is 2.74. The summed E-state index contributed by atoms with van der Waals surface area (Å²) in [4.78, 5) is 17.9. The van der Waals surface area contributed by atoms with E-state index in [0.717, 1.165) is 48.6 Å². The number of aromatic hydroxyl groups is 1. The number of carbonyl (C=O) groups is 1. The number of nitrogens with zero attached hydrogens (tertiary/aromatic N) is 4. The van der Waals surface area contributed by atoms with Crippen LogP contribution in [0.4, 0.5) is 0 Å². The van der Waals surface area contributed by atoms with Crippen LogP contribution in [0.25, 0.3) is 5.52 Å². The second-order valence-electron chi connectivity index (χ2n) is 11.5. The molecule has 2 aromatic heterocycles. The number of hydrogen-bond acceptors (Lipinski definition) is 5. The minimum atomic E-state index is -0.918. The Balaban J connectivity index is 1.20. The zero-order valence-electron chi connectivity index (χ0n) is 20.6. The minimum Gasteiger partial charge on any atom is -0.508 e. The fourth-order valence-corrected chi connectivity index (χ4v) is 7.46. The van der Waals surface area contributed by atoms with E-state index in [2.05, 4.69) is 16.1 Å². The van der Waals surface area contributed by atoms with E-state index in [1.165, 1.54) is 18.4 Å². The van der Waals surface area contributed by atoms with Crippen LogP contribution < -0.4 is 0 Å². The van der Waals surface area contributed by atoms with Crippen molar-refractivity contribution in [2.75, 3.05) is 26.2 Å². The van der Waals surface area contributed by atoms with Gasteiger partial charge in [-0.15, -0.1) is 0 Å². The second kappa shape index (κ2) is 8.05. The van der Waals surface area contributed by atoms with Crippen LogP contribution in [-0.4, -0.2) is 73.4 Å². The van der Waals surface area contributed by atoms with Crippen molar-refractivity contribution in [2.24, 2.45) is 5.92 Å². The molecule has 188 valence electrons. The number of fused-ring (bicyclic) bond motifs is 2. The highest BCUT2D eigenvalue weighted by atomic mass is 16.3. The number of aromatic nitrogens is 2. The molecule has 36 heavy (non-hydrogen) atoms. The molecule has 7 rings (SSSR count). The Labute approximate surface area is 211 Å². The summed E-state index contributed by atoms with van der Waals surface area (Å²) in [6.07, 6.45) is 7.69. The highest BCUT2D eigenvalue weighted by Crippen LogP contribution is 2.56. The van der Waals surface area contributed by atoms with Gasteiger partial charge in [0.05, 0.1) is 23.2 Å². The highest BCUT2D eigenvalue weighted by molar-refractivity contribution is 5.79. The van der Waals surface area contributed by atoms with E-state index in [0.29, 0.717) is 25.9 Å². The molecule has 2 aliphatic heterocycles. The van der Waals surface area contributed by atoms with Crippen molar-refractivity contribution in [3.8, 4) is 5.75 Å². The van der Waals surface area contributed by atoms with Gasteiger partial charge in [0.2, 0.25) is 5.91 Å². The van der Waals surface area contributed by atoms with Crippen molar-refractivity contribution >= 4 is 11.4 Å². The summed E-state index contributed by atoms with van der Waals surface area (Å²) >= 11 is 0. The zero-order chi connectivity index (χ0) is 24.5. The fourth-order valence-electron chi connectivity index (χ4n) is 7.46. The van der Waals surface area contributed by atoms with Crippen LogP contribution in [0.1, 0.15) is 48.9 Å². The number of rotatable bonds is 4. The molecule has 7 heteroatoms. The van der Waals surface area contributed by atoms with Crippen LogP contribution in [0.5, 0.6) is 5.75 Å². The summed E-state index contributed by atoms with van der Waals surface area (Å²) in [5, 5.41) is 27.6.